The molecule has 0 N–H and O–H groups in total. The van der Waals surface area contributed by atoms with E-state index in [1.807, 2.05) is 0 Å². The van der Waals surface area contributed by atoms with Crippen molar-refractivity contribution < 1.29 is 193 Å². The fraction of sp³-hybridized carbons (Fsp3) is 0. The van der Waals surface area contributed by atoms with Gasteiger partial charge in [-0.2, -0.15) is 0 Å². The fourth-order valence-electron chi connectivity index (χ4n) is 0. The molecule has 0 saturated carbocycles. The third-order valence-corrected chi connectivity index (χ3v) is 0. The van der Waals surface area contributed by atoms with Crippen molar-refractivity contribution in [2.75, 3.05) is 0 Å². The predicted molar refractivity (Wildman–Crippen MR) is 14.0 cm³/mol. The van der Waals surface area contributed by atoms with Gasteiger partial charge in [0.2, 0.25) is 0 Å². The van der Waals surface area contributed by atoms with Crippen LogP contribution in [0.2, 0.25) is 0 Å². The number of hydrogen-bond donors (Lipinski definition) is 0. The molecule has 0 atom stereocenters. The molecule has 0 aliphatic carbocycles. The van der Waals surface area contributed by atoms with Crippen LogP contribution in [-0.2, 0) is 169 Å². The van der Waals surface area contributed by atoms with E-state index >= 15 is 0 Å². The molecule has 0 rings (SSSR count). The molecule has 0 amide bonds. The summed E-state index contributed by atoms with van der Waals surface area (Å²) in [5.41, 5.74) is 0. The van der Waals surface area contributed by atoms with Crippen molar-refractivity contribution in [3.8, 4) is 0 Å². The second-order valence-electron chi connectivity index (χ2n) is 1.34. The van der Waals surface area contributed by atoms with E-state index in [2.05, 4.69) is 0 Å². The molecule has 0 aromatic rings. The van der Waals surface area contributed by atoms with Crippen LogP contribution in [0, 0.1) is 0 Å². The van der Waals surface area contributed by atoms with E-state index < -0.39 is 92.4 Å². The van der Waals surface area contributed by atoms with Gasteiger partial charge in [-0.15, -0.1) is 0 Å². The Bertz CT molecular complexity index is 477. The summed E-state index contributed by atoms with van der Waals surface area (Å²) in [6.07, 6.45) is 0. The Hall–Kier alpha value is 2.50. The van der Waals surface area contributed by atoms with Crippen LogP contribution in [0.1, 0.15) is 0 Å². The van der Waals surface area contributed by atoms with Crippen molar-refractivity contribution in [2.45, 2.75) is 0 Å². The summed E-state index contributed by atoms with van der Waals surface area (Å²) in [6.45, 7) is 0. The van der Waals surface area contributed by atoms with Crippen molar-refractivity contribution in [2.24, 2.45) is 0 Å². The minimum atomic E-state index is -3.94. The van der Waals surface area contributed by atoms with Crippen LogP contribution in [0.25, 0.3) is 0 Å². The van der Waals surface area contributed by atoms with E-state index in [1.54, 1.807) is 0 Å². The molecule has 144 valence electrons. The van der Waals surface area contributed by atoms with E-state index in [4.69, 9.17) is 68.3 Å². The van der Waals surface area contributed by atoms with Gasteiger partial charge in [0.15, 0.2) is 0 Å². The van der Waals surface area contributed by atoms with Crippen LogP contribution >= 0.6 is 0 Å². The Kier molecular flexibility index (Phi) is 90.7. The van der Waals surface area contributed by atoms with Gasteiger partial charge in [-0.25, -0.2) is 0 Å². The standard InChI is InChI=1S/Al.18O.6V.Y/q+3;;;;;;;;;;;;;6*-1;;;;;;;+3. The molecule has 0 aliphatic rings. The van der Waals surface area contributed by atoms with E-state index in [0.29, 0.717) is 0 Å². The van der Waals surface area contributed by atoms with Crippen LogP contribution in [-0.4, -0.2) is 17.4 Å². The predicted octanol–water partition coefficient (Wildman–Crippen LogP) is -8.96. The normalized spacial score (nSPS) is 5.77. The van der Waals surface area contributed by atoms with Crippen LogP contribution in [0.3, 0.4) is 0 Å². The summed E-state index contributed by atoms with van der Waals surface area (Å²) in [7, 11) is 0. The zero-order chi connectivity index (χ0) is 21.5. The second-order valence-corrected chi connectivity index (χ2v) is 5.53. The van der Waals surface area contributed by atoms with Crippen LogP contribution < -0.4 is 24.2 Å². The summed E-state index contributed by atoms with van der Waals surface area (Å²) in [4.78, 5) is 0. The van der Waals surface area contributed by atoms with Gasteiger partial charge in [0.1, 0.15) is 0 Å². The molecule has 0 saturated heterocycles. The molecule has 0 heterocycles. The molecular weight excluding hydrogens is 710 g/mol. The first kappa shape index (κ1) is 51.3. The molecule has 0 aromatic carbocycles. The van der Waals surface area contributed by atoms with Crippen LogP contribution in [0.15, 0.2) is 0 Å². The Morgan fingerprint density at radius 3 is 0.308 bits per heavy atom. The van der Waals surface area contributed by atoms with Gasteiger partial charge in [-0.05, 0) is 0 Å². The molecule has 0 radical (unpaired) electrons. The van der Waals surface area contributed by atoms with Gasteiger partial charge in [0.25, 0.3) is 0 Å². The molecule has 0 aromatic heterocycles. The van der Waals surface area contributed by atoms with E-state index in [1.165, 1.54) is 0 Å². The van der Waals surface area contributed by atoms with Gasteiger partial charge in [-0.3, -0.25) is 0 Å². The van der Waals surface area contributed by atoms with E-state index in [9.17, 15) is 0 Å². The van der Waals surface area contributed by atoms with E-state index in [0.717, 1.165) is 0 Å². The maximum Gasteiger partial charge on any atom is 3.00 e. The second kappa shape index (κ2) is 46.0. The van der Waals surface area contributed by atoms with Crippen LogP contribution in [0.5, 0.6) is 0 Å². The van der Waals surface area contributed by atoms with Crippen molar-refractivity contribution >= 4 is 17.4 Å². The van der Waals surface area contributed by atoms with Gasteiger partial charge in [0, 0.05) is 0 Å². The quantitative estimate of drug-likeness (QED) is 0.211. The third kappa shape index (κ3) is 2750. The van der Waals surface area contributed by atoms with Gasteiger partial charge in [-0.1, -0.05) is 0 Å². The molecule has 0 aliphatic heterocycles. The molecule has 0 fully saturated rings. The van der Waals surface area contributed by atoms with Crippen LogP contribution in [0.4, 0.5) is 0 Å². The molecule has 26 heteroatoms. The minimum absolute atomic E-state index is 0. The maximum absolute atomic E-state index is 8.56. The van der Waals surface area contributed by atoms with Gasteiger partial charge in [0.05, 0.1) is 0 Å². The summed E-state index contributed by atoms with van der Waals surface area (Å²) in [5.74, 6) is 0. The molecule has 0 bridgehead atoms. The third-order valence-electron chi connectivity index (χ3n) is 0. The first-order chi connectivity index (χ1) is 10.4. The number of rotatable bonds is 0. The summed E-state index contributed by atoms with van der Waals surface area (Å²) in [6, 6.07) is 0. The molecular formula is AlO18V6Y. The van der Waals surface area contributed by atoms with Crippen molar-refractivity contribution in [3.05, 3.63) is 0 Å². The van der Waals surface area contributed by atoms with Gasteiger partial charge < -0.3 is 0 Å². The molecule has 18 nitrogen and oxygen atoms in total. The summed E-state index contributed by atoms with van der Waals surface area (Å²) in [5, 5.41) is 0. The SMILES string of the molecule is [Al+3].[O]=[V](=[O])[O-].[O]=[V](=[O])[O-].[O]=[V](=[O])[O-].[O]=[V](=[O])[O-].[O]=[V](=[O])[O-].[O]=[V](=[O])[O-].[Y+3]. The molecule has 0 spiro atoms. The number of hydrogen-bond acceptors (Lipinski definition) is 18. The smallest absolute Gasteiger partial charge is 3.00 e. The average molecular weight is 710 g/mol. The zero-order valence-corrected chi connectivity index (χ0v) is 23.6. The monoisotopic (exact) mass is 709 g/mol. The van der Waals surface area contributed by atoms with E-state index in [-0.39, 0.29) is 50.1 Å². The molecule has 0 unspecified atom stereocenters. The Labute approximate surface area is 207 Å². The first-order valence-corrected chi connectivity index (χ1v) is 13.5. The van der Waals surface area contributed by atoms with Crippen molar-refractivity contribution in [1.82, 2.24) is 0 Å². The maximum atomic E-state index is 8.56. The Balaban J connectivity index is -0.0000000245. The van der Waals surface area contributed by atoms with Crippen molar-refractivity contribution in [1.29, 1.82) is 0 Å². The summed E-state index contributed by atoms with van der Waals surface area (Å²) < 4.78 is 154. The fourth-order valence-corrected chi connectivity index (χ4v) is 0. The van der Waals surface area contributed by atoms with Gasteiger partial charge >= 0.3 is 211 Å². The first-order valence-electron chi connectivity index (χ1n) is 3.29. The largest absolute Gasteiger partial charge is 3.00 e. The topological polar surface area (TPSA) is 343 Å². The minimum Gasteiger partial charge on any atom is 3.00 e. The molecule has 26 heavy (non-hydrogen) atoms. The average Bonchev–Trinajstić information content (AvgIpc) is 2.08. The summed E-state index contributed by atoms with van der Waals surface area (Å²) >= 11 is -23.6. The Morgan fingerprint density at radius 1 is 0.308 bits per heavy atom. The zero-order valence-electron chi connectivity index (χ0n) is 11.2. The van der Waals surface area contributed by atoms with Crippen molar-refractivity contribution in [3.63, 3.8) is 0 Å². The Morgan fingerprint density at radius 2 is 0.308 bits per heavy atom.